The predicted molar refractivity (Wildman–Crippen MR) is 142 cm³/mol. The van der Waals surface area contributed by atoms with Crippen molar-refractivity contribution in [2.24, 2.45) is 5.92 Å². The van der Waals surface area contributed by atoms with Crippen LogP contribution in [0.2, 0.25) is 0 Å². The Balaban J connectivity index is 0.00000193. The zero-order chi connectivity index (χ0) is 21.8. The van der Waals surface area contributed by atoms with Gasteiger partial charge < -0.3 is 14.4 Å². The smallest absolute Gasteiger partial charge is 0.160 e. The molecule has 2 aromatic carbocycles. The first kappa shape index (κ1) is 27.8. The fourth-order valence-electron chi connectivity index (χ4n) is 5.26. The summed E-state index contributed by atoms with van der Waals surface area (Å²) in [6, 6.07) is 11.1. The van der Waals surface area contributed by atoms with E-state index in [9.17, 15) is 0 Å². The number of fused-ring (bicyclic) bond motifs is 1. The third-order valence-corrected chi connectivity index (χ3v) is 7.19. The minimum Gasteiger partial charge on any atom is -0.493 e. The first-order valence-electron chi connectivity index (χ1n) is 11.8. The molecule has 0 aromatic heterocycles. The van der Waals surface area contributed by atoms with E-state index in [1.165, 1.54) is 62.1 Å². The summed E-state index contributed by atoms with van der Waals surface area (Å²) in [5, 5.41) is 0. The van der Waals surface area contributed by atoms with Crippen molar-refractivity contribution >= 4 is 24.8 Å². The maximum absolute atomic E-state index is 5.47. The van der Waals surface area contributed by atoms with Crippen LogP contribution in [0.15, 0.2) is 30.3 Å². The first-order chi connectivity index (χ1) is 15.1. The van der Waals surface area contributed by atoms with E-state index < -0.39 is 0 Å². The normalized spacial score (nSPS) is 18.6. The minimum atomic E-state index is 0. The number of hydrogen-bond acceptors (Lipinski definition) is 4. The minimum absolute atomic E-state index is 0. The predicted octanol–water partition coefficient (Wildman–Crippen LogP) is 5.48. The summed E-state index contributed by atoms with van der Waals surface area (Å²) in [5.74, 6) is 2.41. The first-order valence-corrected chi connectivity index (χ1v) is 11.8. The van der Waals surface area contributed by atoms with E-state index >= 15 is 0 Å². The van der Waals surface area contributed by atoms with Gasteiger partial charge in [-0.2, -0.15) is 0 Å². The van der Waals surface area contributed by atoms with Gasteiger partial charge in [0.1, 0.15) is 0 Å². The summed E-state index contributed by atoms with van der Waals surface area (Å²) < 4.78 is 10.8. The molecule has 0 amide bonds. The molecule has 33 heavy (non-hydrogen) atoms. The molecule has 1 unspecified atom stereocenters. The number of halogens is 2. The number of ether oxygens (including phenoxy) is 2. The van der Waals surface area contributed by atoms with E-state index in [0.717, 1.165) is 36.9 Å². The quantitative estimate of drug-likeness (QED) is 0.508. The van der Waals surface area contributed by atoms with Crippen molar-refractivity contribution in [2.45, 2.75) is 46.1 Å². The number of methoxy groups -OCH3 is 2. The molecule has 1 saturated heterocycles. The van der Waals surface area contributed by atoms with E-state index in [0.29, 0.717) is 0 Å². The number of rotatable bonds is 7. The second kappa shape index (κ2) is 12.9. The lowest BCUT2D eigenvalue weighted by molar-refractivity contribution is 0.127. The van der Waals surface area contributed by atoms with Gasteiger partial charge >= 0.3 is 0 Å². The molecule has 184 valence electrons. The van der Waals surface area contributed by atoms with Crippen LogP contribution in [0, 0.1) is 19.8 Å². The molecule has 2 aliphatic heterocycles. The van der Waals surface area contributed by atoms with Crippen molar-refractivity contribution in [3.63, 3.8) is 0 Å². The number of hydrogen-bond donors (Lipinski definition) is 0. The highest BCUT2D eigenvalue weighted by Gasteiger charge is 2.24. The van der Waals surface area contributed by atoms with Gasteiger partial charge in [-0.25, -0.2) is 0 Å². The molecule has 0 spiro atoms. The van der Waals surface area contributed by atoms with Crippen LogP contribution >= 0.6 is 24.8 Å². The molecule has 1 fully saturated rings. The van der Waals surface area contributed by atoms with Gasteiger partial charge in [-0.15, -0.1) is 24.8 Å². The molecule has 1 atom stereocenters. The molecule has 4 rings (SSSR count). The highest BCUT2D eigenvalue weighted by atomic mass is 35.5. The van der Waals surface area contributed by atoms with Crippen LogP contribution in [0.1, 0.15) is 40.7 Å². The summed E-state index contributed by atoms with van der Waals surface area (Å²) in [6.07, 6.45) is 4.94. The molecule has 4 nitrogen and oxygen atoms in total. The van der Waals surface area contributed by atoms with Crippen molar-refractivity contribution in [3.8, 4) is 11.5 Å². The van der Waals surface area contributed by atoms with Crippen molar-refractivity contribution in [1.29, 1.82) is 0 Å². The molecule has 2 aromatic rings. The van der Waals surface area contributed by atoms with E-state index in [-0.39, 0.29) is 24.8 Å². The SMILES string of the molecule is COc1ccc(CCN2CCCC(CN3CCc4cc(C)c(C)cc4C3)C2)cc1OC.Cl.Cl. The second-order valence-electron chi connectivity index (χ2n) is 9.44. The highest BCUT2D eigenvalue weighted by Crippen LogP contribution is 2.28. The van der Waals surface area contributed by atoms with E-state index in [1.807, 2.05) is 6.07 Å². The molecular formula is C27H40Cl2N2O2. The van der Waals surface area contributed by atoms with Crippen LogP contribution in [-0.4, -0.2) is 56.7 Å². The average molecular weight is 496 g/mol. The third-order valence-electron chi connectivity index (χ3n) is 7.19. The Bertz CT molecular complexity index is 906. The zero-order valence-electron chi connectivity index (χ0n) is 20.6. The number of likely N-dealkylation sites (tertiary alicyclic amines) is 1. The van der Waals surface area contributed by atoms with Crippen molar-refractivity contribution in [1.82, 2.24) is 9.80 Å². The van der Waals surface area contributed by atoms with Gasteiger partial charge in [0, 0.05) is 32.7 Å². The Hall–Kier alpha value is -1.46. The molecule has 2 aliphatic rings. The molecule has 0 radical (unpaired) electrons. The van der Waals surface area contributed by atoms with Crippen molar-refractivity contribution < 1.29 is 9.47 Å². The largest absolute Gasteiger partial charge is 0.493 e. The summed E-state index contributed by atoms with van der Waals surface area (Å²) >= 11 is 0. The standard InChI is InChI=1S/C27H38N2O2.2ClH/c1-20-14-24-10-13-29(19-25(24)15-21(20)2)18-23-6-5-11-28(17-23)12-9-22-7-8-26(30-3)27(16-22)31-4;;/h7-8,14-16,23H,5-6,9-13,17-19H2,1-4H3;2*1H. The molecule has 6 heteroatoms. The fourth-order valence-corrected chi connectivity index (χ4v) is 5.26. The van der Waals surface area contributed by atoms with Gasteiger partial charge in [-0.3, -0.25) is 4.90 Å². The van der Waals surface area contributed by atoms with Crippen LogP contribution in [0.4, 0.5) is 0 Å². The second-order valence-corrected chi connectivity index (χ2v) is 9.44. The molecular weight excluding hydrogens is 455 g/mol. The Morgan fingerprint density at radius 1 is 0.879 bits per heavy atom. The van der Waals surface area contributed by atoms with Gasteiger partial charge in [-0.05, 0) is 91.9 Å². The maximum atomic E-state index is 5.47. The van der Waals surface area contributed by atoms with E-state index in [4.69, 9.17) is 9.47 Å². The highest BCUT2D eigenvalue weighted by molar-refractivity contribution is 5.85. The number of nitrogens with zero attached hydrogens (tertiary/aromatic N) is 2. The summed E-state index contributed by atoms with van der Waals surface area (Å²) in [5.41, 5.74) is 7.30. The molecule has 0 N–H and O–H groups in total. The lowest BCUT2D eigenvalue weighted by atomic mass is 9.92. The summed E-state index contributed by atoms with van der Waals surface area (Å²) in [4.78, 5) is 5.36. The number of piperidine rings is 1. The molecule has 0 bridgehead atoms. The Morgan fingerprint density at radius 2 is 1.61 bits per heavy atom. The number of benzene rings is 2. The fraction of sp³-hybridized carbons (Fsp3) is 0.556. The Morgan fingerprint density at radius 3 is 2.33 bits per heavy atom. The van der Waals surface area contributed by atoms with Crippen molar-refractivity contribution in [3.05, 3.63) is 58.1 Å². The van der Waals surface area contributed by atoms with Crippen LogP contribution in [0.5, 0.6) is 11.5 Å². The zero-order valence-corrected chi connectivity index (χ0v) is 22.2. The van der Waals surface area contributed by atoms with Gasteiger partial charge in [0.2, 0.25) is 0 Å². The Kier molecular flexibility index (Phi) is 10.8. The third kappa shape index (κ3) is 7.02. The monoisotopic (exact) mass is 494 g/mol. The van der Waals surface area contributed by atoms with Crippen molar-refractivity contribution in [2.75, 3.05) is 46.9 Å². The summed E-state index contributed by atoms with van der Waals surface area (Å²) in [7, 11) is 3.40. The maximum Gasteiger partial charge on any atom is 0.160 e. The topological polar surface area (TPSA) is 24.9 Å². The van der Waals surface area contributed by atoms with Gasteiger partial charge in [-0.1, -0.05) is 18.2 Å². The van der Waals surface area contributed by atoms with Gasteiger partial charge in [0.25, 0.3) is 0 Å². The van der Waals surface area contributed by atoms with Crippen LogP contribution in [0.25, 0.3) is 0 Å². The van der Waals surface area contributed by atoms with E-state index in [2.05, 4.69) is 47.9 Å². The van der Waals surface area contributed by atoms with Crippen LogP contribution in [0.3, 0.4) is 0 Å². The number of aryl methyl sites for hydroxylation is 2. The molecule has 0 aliphatic carbocycles. The van der Waals surface area contributed by atoms with Crippen LogP contribution in [-0.2, 0) is 19.4 Å². The lowest BCUT2D eigenvalue weighted by Gasteiger charge is -2.37. The Labute approximate surface area is 212 Å². The van der Waals surface area contributed by atoms with E-state index in [1.54, 1.807) is 25.3 Å². The van der Waals surface area contributed by atoms with Gasteiger partial charge in [0.15, 0.2) is 11.5 Å². The summed E-state index contributed by atoms with van der Waals surface area (Å²) in [6.45, 7) is 11.6. The van der Waals surface area contributed by atoms with Crippen LogP contribution < -0.4 is 9.47 Å². The lowest BCUT2D eigenvalue weighted by Crippen LogP contribution is -2.43. The molecule has 2 heterocycles. The average Bonchev–Trinajstić information content (AvgIpc) is 2.78. The van der Waals surface area contributed by atoms with Gasteiger partial charge in [0.05, 0.1) is 14.2 Å². The molecule has 0 saturated carbocycles.